The van der Waals surface area contributed by atoms with Gasteiger partial charge in [-0.05, 0) is 46.7 Å². The molecule has 1 aliphatic carbocycles. The van der Waals surface area contributed by atoms with Gasteiger partial charge in [0, 0.05) is 12.8 Å². The Balaban J connectivity index is 1.81. The van der Waals surface area contributed by atoms with Crippen LogP contribution in [0.1, 0.15) is 37.8 Å². The maximum Gasteiger partial charge on any atom is 0.168 e. The van der Waals surface area contributed by atoms with Crippen molar-refractivity contribution >= 4 is 28.0 Å². The molecule has 0 unspecified atom stereocenters. The standard InChI is InChI=1S/C27H27NO2/c1-18-9-4-7-14-22(18)28-23-16-27(2,3)17-25(30)26(23)24(29)15-20-12-8-11-19-10-5-6-13-21(19)20/h4-14,29H,15-17H2,1-3H3. The molecule has 0 atom stereocenters. The van der Waals surface area contributed by atoms with Gasteiger partial charge in [-0.25, -0.2) is 0 Å². The van der Waals surface area contributed by atoms with Gasteiger partial charge in [-0.15, -0.1) is 0 Å². The summed E-state index contributed by atoms with van der Waals surface area (Å²) in [5.41, 5.74) is 3.80. The molecular weight excluding hydrogens is 370 g/mol. The molecule has 152 valence electrons. The predicted molar refractivity (Wildman–Crippen MR) is 124 cm³/mol. The van der Waals surface area contributed by atoms with Crippen LogP contribution in [-0.2, 0) is 11.2 Å². The minimum Gasteiger partial charge on any atom is -0.511 e. The van der Waals surface area contributed by atoms with Gasteiger partial charge in [0.2, 0.25) is 0 Å². The van der Waals surface area contributed by atoms with Crippen LogP contribution < -0.4 is 0 Å². The number of hydrogen-bond acceptors (Lipinski definition) is 3. The number of aliphatic imine (C=N–C) groups is 1. The van der Waals surface area contributed by atoms with Crippen LogP contribution in [0.5, 0.6) is 0 Å². The van der Waals surface area contributed by atoms with Crippen LogP contribution in [0, 0.1) is 12.3 Å². The highest BCUT2D eigenvalue weighted by Gasteiger charge is 2.36. The second kappa shape index (κ2) is 7.91. The maximum atomic E-state index is 13.1. The topological polar surface area (TPSA) is 49.7 Å². The highest BCUT2D eigenvalue weighted by atomic mass is 16.3. The molecule has 1 aliphatic rings. The molecule has 1 N–H and O–H groups in total. The third-order valence-corrected chi connectivity index (χ3v) is 5.75. The molecule has 4 rings (SSSR count). The number of nitrogens with zero attached hydrogens (tertiary/aromatic N) is 1. The number of carbonyl (C=O) groups is 1. The average Bonchev–Trinajstić information content (AvgIpc) is 2.69. The van der Waals surface area contributed by atoms with Crippen LogP contribution in [-0.4, -0.2) is 16.6 Å². The number of aryl methyl sites for hydroxylation is 1. The van der Waals surface area contributed by atoms with E-state index in [2.05, 4.69) is 32.0 Å². The fourth-order valence-corrected chi connectivity index (χ4v) is 4.26. The normalized spacial score (nSPS) is 19.3. The van der Waals surface area contributed by atoms with E-state index in [0.717, 1.165) is 27.6 Å². The first-order valence-electron chi connectivity index (χ1n) is 10.4. The van der Waals surface area contributed by atoms with Gasteiger partial charge in [-0.2, -0.15) is 0 Å². The van der Waals surface area contributed by atoms with Gasteiger partial charge >= 0.3 is 0 Å². The van der Waals surface area contributed by atoms with E-state index < -0.39 is 0 Å². The summed E-state index contributed by atoms with van der Waals surface area (Å²) in [4.78, 5) is 17.9. The molecule has 0 saturated heterocycles. The molecule has 0 radical (unpaired) electrons. The summed E-state index contributed by atoms with van der Waals surface area (Å²) in [7, 11) is 0. The first-order valence-corrected chi connectivity index (χ1v) is 10.4. The minimum absolute atomic E-state index is 0.0312. The van der Waals surface area contributed by atoms with E-state index in [1.54, 1.807) is 0 Å². The molecule has 3 nitrogen and oxygen atoms in total. The lowest BCUT2D eigenvalue weighted by Crippen LogP contribution is -2.32. The summed E-state index contributed by atoms with van der Waals surface area (Å²) in [5, 5.41) is 13.3. The van der Waals surface area contributed by atoms with E-state index in [9.17, 15) is 9.90 Å². The van der Waals surface area contributed by atoms with Gasteiger partial charge in [-0.3, -0.25) is 9.79 Å². The number of para-hydroxylation sites is 1. The predicted octanol–water partition coefficient (Wildman–Crippen LogP) is 6.66. The van der Waals surface area contributed by atoms with Crippen LogP contribution in [0.3, 0.4) is 0 Å². The van der Waals surface area contributed by atoms with Crippen molar-refractivity contribution in [1.82, 2.24) is 0 Å². The van der Waals surface area contributed by atoms with Crippen LogP contribution >= 0.6 is 0 Å². The molecule has 1 saturated carbocycles. The largest absolute Gasteiger partial charge is 0.511 e. The van der Waals surface area contributed by atoms with Gasteiger partial charge < -0.3 is 5.11 Å². The van der Waals surface area contributed by atoms with Crippen LogP contribution in [0.4, 0.5) is 5.69 Å². The Morgan fingerprint density at radius 3 is 2.47 bits per heavy atom. The quantitative estimate of drug-likeness (QED) is 0.396. The highest BCUT2D eigenvalue weighted by molar-refractivity contribution is 6.25. The summed E-state index contributed by atoms with van der Waals surface area (Å²) in [6.45, 7) is 6.17. The number of aliphatic hydroxyl groups excluding tert-OH is 1. The first kappa shape index (κ1) is 20.1. The van der Waals surface area contributed by atoms with Gasteiger partial charge in [-0.1, -0.05) is 74.5 Å². The number of fused-ring (bicyclic) bond motifs is 1. The zero-order valence-corrected chi connectivity index (χ0v) is 17.8. The van der Waals surface area contributed by atoms with Crippen molar-refractivity contribution in [2.24, 2.45) is 10.4 Å². The fraction of sp³-hybridized carbons (Fsp3) is 0.259. The summed E-state index contributed by atoms with van der Waals surface area (Å²) in [6, 6.07) is 22.0. The van der Waals surface area contributed by atoms with Crippen molar-refractivity contribution < 1.29 is 9.90 Å². The number of carbonyl (C=O) groups excluding carboxylic acids is 1. The Morgan fingerprint density at radius 2 is 1.67 bits per heavy atom. The van der Waals surface area contributed by atoms with E-state index in [0.29, 0.717) is 30.5 Å². The minimum atomic E-state index is -0.179. The summed E-state index contributed by atoms with van der Waals surface area (Å²) < 4.78 is 0. The van der Waals surface area contributed by atoms with Crippen molar-refractivity contribution in [3.63, 3.8) is 0 Å². The molecule has 0 aliphatic heterocycles. The van der Waals surface area contributed by atoms with Crippen LogP contribution in [0.15, 0.2) is 83.1 Å². The Kier molecular flexibility index (Phi) is 5.29. The molecule has 30 heavy (non-hydrogen) atoms. The number of allylic oxidation sites excluding steroid dienone is 2. The maximum absolute atomic E-state index is 13.1. The second-order valence-corrected chi connectivity index (χ2v) is 8.92. The average molecular weight is 398 g/mol. The summed E-state index contributed by atoms with van der Waals surface area (Å²) in [5.74, 6) is 0.0792. The molecular formula is C27H27NO2. The van der Waals surface area contributed by atoms with Gasteiger partial charge in [0.1, 0.15) is 5.76 Å². The molecule has 3 aromatic rings. The molecule has 0 amide bonds. The number of aliphatic hydroxyl groups is 1. The van der Waals surface area contributed by atoms with Crippen molar-refractivity contribution in [1.29, 1.82) is 0 Å². The van der Waals surface area contributed by atoms with E-state index in [1.807, 2.05) is 55.5 Å². The number of benzene rings is 3. The van der Waals surface area contributed by atoms with Gasteiger partial charge in [0.15, 0.2) is 5.78 Å². The van der Waals surface area contributed by atoms with Crippen molar-refractivity contribution in [3.8, 4) is 0 Å². The molecule has 0 spiro atoms. The Bertz CT molecular complexity index is 1180. The lowest BCUT2D eigenvalue weighted by molar-refractivity contribution is -0.117. The molecule has 3 aromatic carbocycles. The van der Waals surface area contributed by atoms with E-state index in [4.69, 9.17) is 4.99 Å². The summed E-state index contributed by atoms with van der Waals surface area (Å²) in [6.07, 6.45) is 1.38. The lowest BCUT2D eigenvalue weighted by Gasteiger charge is -2.31. The van der Waals surface area contributed by atoms with Gasteiger partial charge in [0.25, 0.3) is 0 Å². The third-order valence-electron chi connectivity index (χ3n) is 5.75. The zero-order chi connectivity index (χ0) is 21.3. The molecule has 0 bridgehead atoms. The van der Waals surface area contributed by atoms with Crippen LogP contribution in [0.25, 0.3) is 10.8 Å². The monoisotopic (exact) mass is 397 g/mol. The Labute approximate surface area is 177 Å². The van der Waals surface area contributed by atoms with Gasteiger partial charge in [0.05, 0.1) is 17.0 Å². The molecule has 3 heteroatoms. The van der Waals surface area contributed by atoms with Crippen molar-refractivity contribution in [2.75, 3.05) is 0 Å². The SMILES string of the molecule is Cc1ccccc1N=C1CC(C)(C)CC(=O)C1=C(O)Cc1cccc2ccccc12. The second-order valence-electron chi connectivity index (χ2n) is 8.92. The van der Waals surface area contributed by atoms with Crippen molar-refractivity contribution in [2.45, 2.75) is 40.0 Å². The number of rotatable bonds is 3. The number of hydrogen-bond donors (Lipinski definition) is 1. The Hall–Kier alpha value is -3.20. The third kappa shape index (κ3) is 4.06. The number of Topliss-reactive ketones (excluding diaryl/α,β-unsaturated/α-hetero) is 1. The molecule has 0 heterocycles. The molecule has 1 fully saturated rings. The van der Waals surface area contributed by atoms with Crippen LogP contribution in [0.2, 0.25) is 0 Å². The fourth-order valence-electron chi connectivity index (χ4n) is 4.26. The van der Waals surface area contributed by atoms with E-state index in [-0.39, 0.29) is 17.0 Å². The first-order chi connectivity index (χ1) is 14.3. The van der Waals surface area contributed by atoms with E-state index >= 15 is 0 Å². The Morgan fingerprint density at radius 1 is 0.967 bits per heavy atom. The smallest absolute Gasteiger partial charge is 0.168 e. The molecule has 0 aromatic heterocycles. The van der Waals surface area contributed by atoms with Crippen molar-refractivity contribution in [3.05, 3.63) is 89.2 Å². The lowest BCUT2D eigenvalue weighted by atomic mass is 9.73. The zero-order valence-electron chi connectivity index (χ0n) is 17.8. The van der Waals surface area contributed by atoms with E-state index in [1.165, 1.54) is 0 Å². The number of ketones is 1. The highest BCUT2D eigenvalue weighted by Crippen LogP contribution is 2.37. The summed E-state index contributed by atoms with van der Waals surface area (Å²) >= 11 is 0.